The zero-order chi connectivity index (χ0) is 35.7. The molecule has 2 aromatic rings. The molecule has 1 spiro atoms. The molecule has 3 saturated heterocycles. The first-order valence-corrected chi connectivity index (χ1v) is 18.2. The van der Waals surface area contributed by atoms with Gasteiger partial charge in [-0.25, -0.2) is 4.39 Å². The Balaban J connectivity index is 0.000000412. The Morgan fingerprint density at radius 3 is 2.50 bits per heavy atom. The number of aliphatic imine (C=N–C) groups is 1. The minimum Gasteiger partial charge on any atom is -0.467 e. The van der Waals surface area contributed by atoms with Gasteiger partial charge >= 0.3 is 6.01 Å². The molecule has 0 radical (unpaired) electrons. The second-order valence-electron chi connectivity index (χ2n) is 13.7. The summed E-state index contributed by atoms with van der Waals surface area (Å²) in [4.78, 5) is 34.9. The number of likely N-dealkylation sites (N-methyl/N-ethyl adjacent to an activating group) is 1. The summed E-state index contributed by atoms with van der Waals surface area (Å²) < 4.78 is 18.1. The number of nitrogens with zero attached hydrogens (tertiary/aromatic N) is 9. The lowest BCUT2D eigenvalue weighted by Crippen LogP contribution is -2.61. The summed E-state index contributed by atoms with van der Waals surface area (Å²) in [5, 5.41) is 20.8. The zero-order valence-corrected chi connectivity index (χ0v) is 30.3. The molecule has 1 aliphatic carbocycles. The van der Waals surface area contributed by atoms with Gasteiger partial charge in [-0.05, 0) is 57.1 Å². The number of nitrogens with two attached hydrogens (primary N) is 2. The van der Waals surface area contributed by atoms with Crippen molar-refractivity contribution < 1.29 is 13.9 Å². The van der Waals surface area contributed by atoms with E-state index in [9.17, 15) is 19.7 Å². The molecule has 266 valence electrons. The van der Waals surface area contributed by atoms with Gasteiger partial charge in [0.05, 0.1) is 30.0 Å². The number of methoxy groups -OCH3 is 1. The number of carbonyl (C=O) groups excluding carboxylic acids is 1. The summed E-state index contributed by atoms with van der Waals surface area (Å²) in [6.45, 7) is 4.27. The van der Waals surface area contributed by atoms with E-state index in [0.717, 1.165) is 37.8 Å². The van der Waals surface area contributed by atoms with Gasteiger partial charge in [-0.3, -0.25) is 14.7 Å². The van der Waals surface area contributed by atoms with Crippen LogP contribution in [0.1, 0.15) is 60.1 Å². The predicted octanol–water partition coefficient (Wildman–Crippen LogP) is 3.31. The van der Waals surface area contributed by atoms with Crippen LogP contribution in [0, 0.1) is 22.7 Å². The molecule has 5 aliphatic rings. The Labute approximate surface area is 300 Å². The Morgan fingerprint density at radius 1 is 1.12 bits per heavy atom. The number of anilines is 3. The van der Waals surface area contributed by atoms with E-state index in [2.05, 4.69) is 32.0 Å². The van der Waals surface area contributed by atoms with E-state index in [-0.39, 0.29) is 28.7 Å². The highest BCUT2D eigenvalue weighted by Crippen LogP contribution is 2.51. The van der Waals surface area contributed by atoms with Crippen molar-refractivity contribution in [3.05, 3.63) is 32.3 Å². The average molecular weight is 724 g/mol. The van der Waals surface area contributed by atoms with Crippen molar-refractivity contribution in [1.29, 1.82) is 10.5 Å². The van der Waals surface area contributed by atoms with E-state index in [1.165, 1.54) is 41.1 Å². The minimum absolute atomic E-state index is 0.0801. The second kappa shape index (κ2) is 14.6. The molecule has 0 aromatic carbocycles. The van der Waals surface area contributed by atoms with Crippen molar-refractivity contribution in [2.24, 2.45) is 10.7 Å². The van der Waals surface area contributed by atoms with Crippen LogP contribution in [0.15, 0.2) is 15.7 Å². The van der Waals surface area contributed by atoms with Gasteiger partial charge in [0, 0.05) is 63.2 Å². The molecule has 16 heteroatoms. The molecular weight excluding hydrogens is 681 g/mol. The third-order valence-electron chi connectivity index (χ3n) is 10.3. The van der Waals surface area contributed by atoms with E-state index in [1.54, 1.807) is 14.1 Å². The fraction of sp³-hybridized carbons (Fsp3) is 0.588. The van der Waals surface area contributed by atoms with Crippen LogP contribution in [0.3, 0.4) is 0 Å². The SMILES string of the molecule is COc1nc(N2CCCN=C(/C(Cl)=C(\N)C(=O)N(C)C)C2)c(C#N)c(N2CC3(CCCc4sc(N)c(C#N)c43)C2)n1.FC1CC2CCCN2C1. The number of alkyl halides is 1. The first-order chi connectivity index (χ1) is 24.0. The molecule has 7 rings (SSSR count). The van der Waals surface area contributed by atoms with Crippen molar-refractivity contribution in [3.8, 4) is 18.1 Å². The molecule has 13 nitrogen and oxygen atoms in total. The van der Waals surface area contributed by atoms with Gasteiger partial charge in [0.2, 0.25) is 0 Å². The lowest BCUT2D eigenvalue weighted by atomic mass is 9.66. The van der Waals surface area contributed by atoms with Gasteiger partial charge in [-0.15, -0.1) is 11.3 Å². The summed E-state index contributed by atoms with van der Waals surface area (Å²) in [5.41, 5.74) is 14.4. The number of thiophene rings is 1. The van der Waals surface area contributed by atoms with Gasteiger partial charge < -0.3 is 30.9 Å². The lowest BCUT2D eigenvalue weighted by molar-refractivity contribution is -0.124. The average Bonchev–Trinajstić information content (AvgIpc) is 3.71. The van der Waals surface area contributed by atoms with E-state index in [4.69, 9.17) is 27.8 Å². The number of aromatic nitrogens is 2. The molecular formula is C34H43ClFN11O2S. The largest absolute Gasteiger partial charge is 0.467 e. The van der Waals surface area contributed by atoms with E-state index >= 15 is 0 Å². The normalized spacial score (nSPS) is 22.8. The van der Waals surface area contributed by atoms with Crippen LogP contribution in [0.4, 0.5) is 21.0 Å². The van der Waals surface area contributed by atoms with Crippen LogP contribution in [0.2, 0.25) is 0 Å². The molecule has 0 bridgehead atoms. The van der Waals surface area contributed by atoms with Gasteiger partial charge in [0.15, 0.2) is 11.6 Å². The van der Waals surface area contributed by atoms with Gasteiger partial charge in [0.25, 0.3) is 5.91 Å². The maximum atomic E-state index is 12.6. The van der Waals surface area contributed by atoms with Crippen LogP contribution in [-0.2, 0) is 16.6 Å². The van der Waals surface area contributed by atoms with Crippen LogP contribution < -0.4 is 26.0 Å². The number of nitriles is 2. The molecule has 4 N–H and O–H groups in total. The third-order valence-corrected chi connectivity index (χ3v) is 11.8. The number of fused-ring (bicyclic) bond motifs is 3. The number of hydrogen-bond acceptors (Lipinski definition) is 13. The van der Waals surface area contributed by atoms with Crippen molar-refractivity contribution in [3.63, 3.8) is 0 Å². The second-order valence-corrected chi connectivity index (χ2v) is 15.3. The smallest absolute Gasteiger partial charge is 0.320 e. The van der Waals surface area contributed by atoms with Crippen molar-refractivity contribution in [2.45, 2.75) is 62.6 Å². The highest BCUT2D eigenvalue weighted by molar-refractivity contribution is 7.16. The Bertz CT molecular complexity index is 1780. The Morgan fingerprint density at radius 2 is 1.84 bits per heavy atom. The van der Waals surface area contributed by atoms with Crippen LogP contribution in [-0.4, -0.2) is 111 Å². The molecule has 2 unspecified atom stereocenters. The highest BCUT2D eigenvalue weighted by atomic mass is 35.5. The fourth-order valence-corrected chi connectivity index (χ4v) is 9.28. The maximum absolute atomic E-state index is 12.6. The van der Waals surface area contributed by atoms with Gasteiger partial charge in [-0.1, -0.05) is 11.6 Å². The number of nitrogen functional groups attached to an aromatic ring is 1. The lowest BCUT2D eigenvalue weighted by Gasteiger charge is -2.53. The number of carbonyl (C=O) groups is 1. The number of ether oxygens (including phenoxy) is 1. The first-order valence-electron chi connectivity index (χ1n) is 17.0. The van der Waals surface area contributed by atoms with Crippen molar-refractivity contribution in [2.75, 3.05) is 82.6 Å². The van der Waals surface area contributed by atoms with E-state index < -0.39 is 12.1 Å². The number of rotatable bonds is 5. The summed E-state index contributed by atoms with van der Waals surface area (Å²) in [6.07, 6.45) is 6.35. The van der Waals surface area contributed by atoms with E-state index in [0.29, 0.717) is 78.7 Å². The summed E-state index contributed by atoms with van der Waals surface area (Å²) in [6, 6.07) is 5.37. The molecule has 0 saturated carbocycles. The molecule has 50 heavy (non-hydrogen) atoms. The van der Waals surface area contributed by atoms with Crippen LogP contribution in [0.25, 0.3) is 0 Å². The third kappa shape index (κ3) is 6.66. The molecule has 4 aliphatic heterocycles. The fourth-order valence-electron chi connectivity index (χ4n) is 7.90. The predicted molar refractivity (Wildman–Crippen MR) is 193 cm³/mol. The summed E-state index contributed by atoms with van der Waals surface area (Å²) >= 11 is 8.07. The zero-order valence-electron chi connectivity index (χ0n) is 28.7. The minimum atomic E-state index is -0.518. The quantitative estimate of drug-likeness (QED) is 0.433. The van der Waals surface area contributed by atoms with Gasteiger partial charge in [-0.2, -0.15) is 20.5 Å². The maximum Gasteiger partial charge on any atom is 0.320 e. The number of hydrogen-bond donors (Lipinski definition) is 2. The summed E-state index contributed by atoms with van der Waals surface area (Å²) in [5.74, 6) is 0.455. The highest BCUT2D eigenvalue weighted by Gasteiger charge is 2.50. The molecule has 6 heterocycles. The molecule has 1 amide bonds. The Hall–Kier alpha value is -4.18. The Kier molecular flexibility index (Phi) is 10.4. The first kappa shape index (κ1) is 35.6. The van der Waals surface area contributed by atoms with E-state index in [1.807, 2.05) is 9.80 Å². The van der Waals surface area contributed by atoms with Crippen molar-refractivity contribution >= 4 is 51.2 Å². The number of amides is 1. The summed E-state index contributed by atoms with van der Waals surface area (Å²) in [7, 11) is 4.67. The molecule has 2 aromatic heterocycles. The van der Waals surface area contributed by atoms with Crippen molar-refractivity contribution in [1.82, 2.24) is 19.8 Å². The van der Waals surface area contributed by atoms with Crippen LogP contribution >= 0.6 is 22.9 Å². The molecule has 3 fully saturated rings. The monoisotopic (exact) mass is 723 g/mol. The van der Waals surface area contributed by atoms with Crippen LogP contribution in [0.5, 0.6) is 6.01 Å². The number of aryl methyl sites for hydroxylation is 1. The van der Waals surface area contributed by atoms with Gasteiger partial charge in [0.1, 0.15) is 34.6 Å². The topological polar surface area (TPSA) is 177 Å². The number of halogens is 2. The molecule has 2 atom stereocenters. The standard InChI is InChI=1S/C27H31ClN10O2S.C7H12FN/c1-36(2)25(39)21(31)20(28)17-12-37(9-5-8-33-17)23-16(11-30)24(35-26(34-23)40-3)38-13-27(14-38)7-4-6-18-19(27)15(10-29)22(32)41-18;8-6-4-7-2-1-3-9(7)5-6/h4-9,12-14,31-32H2,1-3H3;6-7H,1-5H2/b21-20+;.